The maximum Gasteiger partial charge on any atom is 0.241 e. The second-order valence-corrected chi connectivity index (χ2v) is 2.81. The van der Waals surface area contributed by atoms with Gasteiger partial charge in [-0.25, -0.2) is 6.57 Å². The summed E-state index contributed by atoms with van der Waals surface area (Å²) < 4.78 is 0. The van der Waals surface area contributed by atoms with Crippen LogP contribution in [0.3, 0.4) is 0 Å². The molecule has 0 bridgehead atoms. The number of hydrogen-bond acceptors (Lipinski definition) is 0. The van der Waals surface area contributed by atoms with Crippen LogP contribution in [0.15, 0.2) is 18.2 Å². The minimum absolute atomic E-state index is 0.291. The summed E-state index contributed by atoms with van der Waals surface area (Å²) in [4.78, 5) is 3.21. The van der Waals surface area contributed by atoms with Crippen LogP contribution >= 0.6 is 23.2 Å². The van der Waals surface area contributed by atoms with E-state index in [1.165, 1.54) is 0 Å². The van der Waals surface area contributed by atoms with Crippen molar-refractivity contribution in [1.29, 1.82) is 0 Å². The van der Waals surface area contributed by atoms with E-state index in [0.29, 0.717) is 16.6 Å². The van der Waals surface area contributed by atoms with Gasteiger partial charge in [0, 0.05) is 0 Å². The van der Waals surface area contributed by atoms with E-state index in [0.717, 1.165) is 5.56 Å². The third-order valence-electron chi connectivity index (χ3n) is 1.28. The normalized spacial score (nSPS) is 9.18. The van der Waals surface area contributed by atoms with Gasteiger partial charge in [0.05, 0.1) is 15.6 Å². The maximum atomic E-state index is 6.63. The fourth-order valence-electron chi connectivity index (χ4n) is 0.756. The summed E-state index contributed by atoms with van der Waals surface area (Å²) in [5, 5.41) is 0.998. The highest BCUT2D eigenvalue weighted by atomic mass is 35.5. The van der Waals surface area contributed by atoms with Crippen molar-refractivity contribution < 1.29 is 0 Å². The predicted molar refractivity (Wildman–Crippen MR) is 46.8 cm³/mol. The van der Waals surface area contributed by atoms with E-state index in [-0.39, 0.29) is 0 Å². The van der Waals surface area contributed by atoms with Gasteiger partial charge >= 0.3 is 0 Å². The SMILES string of the molecule is [C-]#[N+]Cc1cccc(Cl)c1Cl. The molecular formula is C8H5Cl2N. The monoisotopic (exact) mass is 185 g/mol. The summed E-state index contributed by atoms with van der Waals surface area (Å²) in [6, 6.07) is 5.29. The van der Waals surface area contributed by atoms with E-state index >= 15 is 0 Å². The van der Waals surface area contributed by atoms with Gasteiger partial charge in [0.25, 0.3) is 0 Å². The number of nitrogens with zero attached hydrogens (tertiary/aromatic N) is 1. The van der Waals surface area contributed by atoms with Crippen molar-refractivity contribution in [2.75, 3.05) is 0 Å². The Kier molecular flexibility index (Phi) is 2.76. The van der Waals surface area contributed by atoms with Crippen LogP contribution in [0, 0.1) is 6.57 Å². The molecule has 0 heterocycles. The molecule has 1 rings (SSSR count). The summed E-state index contributed by atoms with van der Waals surface area (Å²) in [7, 11) is 0. The van der Waals surface area contributed by atoms with E-state index < -0.39 is 0 Å². The number of hydrogen-bond donors (Lipinski definition) is 0. The molecule has 0 atom stereocenters. The molecule has 1 aromatic rings. The van der Waals surface area contributed by atoms with Crippen LogP contribution in [0.4, 0.5) is 0 Å². The lowest BCUT2D eigenvalue weighted by molar-refractivity contribution is 1.27. The molecule has 0 amide bonds. The smallest absolute Gasteiger partial charge is 0.241 e. The standard InChI is InChI=1S/C8H5Cl2N/c1-11-5-6-3-2-4-7(9)8(6)10/h2-4H,5H2. The number of benzene rings is 1. The van der Waals surface area contributed by atoms with Crippen LogP contribution in [-0.4, -0.2) is 0 Å². The molecular weight excluding hydrogens is 181 g/mol. The molecule has 56 valence electrons. The molecule has 0 aliphatic rings. The van der Waals surface area contributed by atoms with Crippen molar-refractivity contribution in [2.24, 2.45) is 0 Å². The lowest BCUT2D eigenvalue weighted by Crippen LogP contribution is -1.80. The molecule has 0 unspecified atom stereocenters. The van der Waals surface area contributed by atoms with Gasteiger partial charge in [0.2, 0.25) is 6.54 Å². The van der Waals surface area contributed by atoms with E-state index in [2.05, 4.69) is 4.85 Å². The number of rotatable bonds is 1. The Bertz CT molecular complexity index is 301. The quantitative estimate of drug-likeness (QED) is 0.592. The van der Waals surface area contributed by atoms with Crippen LogP contribution < -0.4 is 0 Å². The average Bonchev–Trinajstić information content (AvgIpc) is 1.99. The molecule has 0 radical (unpaired) electrons. The first kappa shape index (κ1) is 8.39. The van der Waals surface area contributed by atoms with Crippen molar-refractivity contribution in [3.05, 3.63) is 45.2 Å². The largest absolute Gasteiger partial charge is 0.312 e. The molecule has 0 aliphatic carbocycles. The van der Waals surface area contributed by atoms with E-state index in [9.17, 15) is 0 Å². The summed E-state index contributed by atoms with van der Waals surface area (Å²) >= 11 is 11.5. The van der Waals surface area contributed by atoms with Gasteiger partial charge in [0.1, 0.15) is 0 Å². The molecule has 1 nitrogen and oxygen atoms in total. The van der Waals surface area contributed by atoms with Crippen molar-refractivity contribution in [1.82, 2.24) is 0 Å². The van der Waals surface area contributed by atoms with Gasteiger partial charge in [0.15, 0.2) is 0 Å². The Labute approximate surface area is 75.4 Å². The fraction of sp³-hybridized carbons (Fsp3) is 0.125. The molecule has 0 spiro atoms. The average molecular weight is 186 g/mol. The zero-order valence-corrected chi connectivity index (χ0v) is 7.15. The van der Waals surface area contributed by atoms with E-state index in [4.69, 9.17) is 29.8 Å². The van der Waals surface area contributed by atoms with Gasteiger partial charge in [-0.15, -0.1) is 0 Å². The minimum atomic E-state index is 0.291. The second kappa shape index (κ2) is 3.61. The van der Waals surface area contributed by atoms with E-state index in [1.54, 1.807) is 18.2 Å². The van der Waals surface area contributed by atoms with Crippen LogP contribution in [0.2, 0.25) is 10.0 Å². The Morgan fingerprint density at radius 2 is 2.09 bits per heavy atom. The molecule has 0 aliphatic heterocycles. The highest BCUT2D eigenvalue weighted by Crippen LogP contribution is 2.25. The highest BCUT2D eigenvalue weighted by Gasteiger charge is 2.04. The van der Waals surface area contributed by atoms with Crippen LogP contribution in [0.5, 0.6) is 0 Å². The number of halogens is 2. The van der Waals surface area contributed by atoms with Crippen molar-refractivity contribution in [3.63, 3.8) is 0 Å². The molecule has 0 fully saturated rings. The van der Waals surface area contributed by atoms with Crippen LogP contribution in [-0.2, 0) is 6.54 Å². The predicted octanol–water partition coefficient (Wildman–Crippen LogP) is 3.41. The lowest BCUT2D eigenvalue weighted by Gasteiger charge is -1.97. The molecule has 0 saturated carbocycles. The first-order valence-electron chi connectivity index (χ1n) is 3.02. The zero-order valence-electron chi connectivity index (χ0n) is 5.64. The maximum absolute atomic E-state index is 6.63. The van der Waals surface area contributed by atoms with Gasteiger partial charge < -0.3 is 4.85 Å². The molecule has 0 saturated heterocycles. The van der Waals surface area contributed by atoms with Crippen molar-refractivity contribution in [2.45, 2.75) is 6.54 Å². The third kappa shape index (κ3) is 1.86. The van der Waals surface area contributed by atoms with Crippen LogP contribution in [0.25, 0.3) is 4.85 Å². The lowest BCUT2D eigenvalue weighted by atomic mass is 10.2. The molecule has 0 N–H and O–H groups in total. The summed E-state index contributed by atoms with van der Waals surface area (Å²) in [6.45, 7) is 6.92. The summed E-state index contributed by atoms with van der Waals surface area (Å²) in [5.41, 5.74) is 0.786. The second-order valence-electron chi connectivity index (χ2n) is 2.03. The first-order valence-corrected chi connectivity index (χ1v) is 3.77. The van der Waals surface area contributed by atoms with E-state index in [1.807, 2.05) is 0 Å². The summed E-state index contributed by atoms with van der Waals surface area (Å²) in [6.07, 6.45) is 0. The third-order valence-corrected chi connectivity index (χ3v) is 2.14. The molecule has 11 heavy (non-hydrogen) atoms. The van der Waals surface area contributed by atoms with Gasteiger partial charge in [-0.05, 0) is 12.1 Å². The van der Waals surface area contributed by atoms with Gasteiger partial charge in [-0.1, -0.05) is 29.3 Å². The fourth-order valence-corrected chi connectivity index (χ4v) is 1.14. The zero-order chi connectivity index (χ0) is 8.27. The van der Waals surface area contributed by atoms with Gasteiger partial charge in [-0.2, -0.15) is 0 Å². The first-order chi connectivity index (χ1) is 5.25. The minimum Gasteiger partial charge on any atom is -0.312 e. The van der Waals surface area contributed by atoms with Gasteiger partial charge in [-0.3, -0.25) is 0 Å². The topological polar surface area (TPSA) is 4.36 Å². The highest BCUT2D eigenvalue weighted by molar-refractivity contribution is 6.42. The molecule has 3 heteroatoms. The Balaban J connectivity index is 3.08. The summed E-state index contributed by atoms with van der Waals surface area (Å²) in [5.74, 6) is 0. The Morgan fingerprint density at radius 3 is 2.73 bits per heavy atom. The molecule has 0 aromatic heterocycles. The van der Waals surface area contributed by atoms with Crippen LogP contribution in [0.1, 0.15) is 5.56 Å². The Morgan fingerprint density at radius 1 is 1.36 bits per heavy atom. The Hall–Kier alpha value is -0.710. The molecule has 1 aromatic carbocycles. The van der Waals surface area contributed by atoms with Crippen molar-refractivity contribution in [3.8, 4) is 0 Å². The van der Waals surface area contributed by atoms with Crippen molar-refractivity contribution >= 4 is 23.2 Å².